The van der Waals surface area contributed by atoms with Gasteiger partial charge < -0.3 is 25.7 Å². The van der Waals surface area contributed by atoms with Gasteiger partial charge in [-0.3, -0.25) is 14.5 Å². The minimum atomic E-state index is -1.20. The fraction of sp³-hybridized carbons (Fsp3) is 0.933. The highest BCUT2D eigenvalue weighted by atomic mass is 16.3. The van der Waals surface area contributed by atoms with E-state index in [2.05, 4.69) is 24.5 Å². The van der Waals surface area contributed by atoms with Crippen LogP contribution in [-0.4, -0.2) is 97.4 Å². The van der Waals surface area contributed by atoms with Gasteiger partial charge in [0.05, 0.1) is 0 Å². The highest BCUT2D eigenvalue weighted by molar-refractivity contribution is 5.81. The summed E-state index contributed by atoms with van der Waals surface area (Å²) in [5.41, 5.74) is 0. The van der Waals surface area contributed by atoms with Crippen LogP contribution < -0.4 is 10.6 Å². The van der Waals surface area contributed by atoms with Crippen LogP contribution in [0, 0.1) is 0 Å². The molecule has 0 aliphatic heterocycles. The number of nitrogens with one attached hydrogen (secondary N) is 2. The van der Waals surface area contributed by atoms with Crippen molar-refractivity contribution in [3.8, 4) is 0 Å². The standard InChI is InChI=1S/C30H62N4O4/c1-5-7-9-11-13-15-17-19-21-31-29(37)27(35)25-34(24-23-33(3)4)26-28(36)30(38)32-22-20-18-16-14-12-10-8-6-2/h27-28,35-36H,5-26H2,1-4H3,(H,31,37)(H,32,38). The number of hydrogen-bond acceptors (Lipinski definition) is 6. The van der Waals surface area contributed by atoms with Gasteiger partial charge >= 0.3 is 0 Å². The molecule has 0 heterocycles. The van der Waals surface area contributed by atoms with Gasteiger partial charge in [-0.05, 0) is 26.9 Å². The molecule has 8 nitrogen and oxygen atoms in total. The fourth-order valence-corrected chi connectivity index (χ4v) is 4.43. The maximum atomic E-state index is 12.4. The molecule has 2 unspecified atom stereocenters. The first-order chi connectivity index (χ1) is 18.3. The first-order valence-electron chi connectivity index (χ1n) is 15.6. The lowest BCUT2D eigenvalue weighted by atomic mass is 10.1. The number of aliphatic hydroxyl groups is 2. The molecule has 2 amide bonds. The number of aliphatic hydroxyl groups excluding tert-OH is 2. The van der Waals surface area contributed by atoms with E-state index in [1.165, 1.54) is 77.0 Å². The molecule has 0 bridgehead atoms. The van der Waals surface area contributed by atoms with Crippen LogP contribution in [0.3, 0.4) is 0 Å². The third kappa shape index (κ3) is 22.7. The van der Waals surface area contributed by atoms with Crippen LogP contribution in [0.4, 0.5) is 0 Å². The Labute approximate surface area is 234 Å². The summed E-state index contributed by atoms with van der Waals surface area (Å²) in [5, 5.41) is 26.6. The van der Waals surface area contributed by atoms with Gasteiger partial charge in [0.15, 0.2) is 0 Å². The summed E-state index contributed by atoms with van der Waals surface area (Å²) >= 11 is 0. The van der Waals surface area contributed by atoms with E-state index >= 15 is 0 Å². The van der Waals surface area contributed by atoms with Gasteiger partial charge in [0.2, 0.25) is 11.8 Å². The summed E-state index contributed by atoms with van der Waals surface area (Å²) in [4.78, 5) is 28.6. The van der Waals surface area contributed by atoms with E-state index in [0.717, 1.165) is 25.7 Å². The molecule has 0 aliphatic rings. The van der Waals surface area contributed by atoms with Crippen molar-refractivity contribution in [3.63, 3.8) is 0 Å². The smallest absolute Gasteiger partial charge is 0.250 e. The van der Waals surface area contributed by atoms with Gasteiger partial charge in [0.25, 0.3) is 0 Å². The Balaban J connectivity index is 4.27. The average molecular weight is 543 g/mol. The van der Waals surface area contributed by atoms with Crippen molar-refractivity contribution in [1.82, 2.24) is 20.4 Å². The number of rotatable bonds is 27. The molecule has 0 fully saturated rings. The van der Waals surface area contributed by atoms with Crippen LogP contribution in [0.1, 0.15) is 117 Å². The summed E-state index contributed by atoms with van der Waals surface area (Å²) in [6.45, 7) is 6.96. The summed E-state index contributed by atoms with van der Waals surface area (Å²) in [7, 11) is 3.89. The molecule has 2 atom stereocenters. The van der Waals surface area contributed by atoms with Crippen molar-refractivity contribution in [2.45, 2.75) is 129 Å². The number of nitrogens with zero attached hydrogens (tertiary/aromatic N) is 2. The van der Waals surface area contributed by atoms with Crippen LogP contribution in [0.5, 0.6) is 0 Å². The maximum Gasteiger partial charge on any atom is 0.250 e. The number of carbonyl (C=O) groups is 2. The van der Waals surface area contributed by atoms with Gasteiger partial charge in [0.1, 0.15) is 12.2 Å². The van der Waals surface area contributed by atoms with Gasteiger partial charge in [-0.2, -0.15) is 0 Å². The van der Waals surface area contributed by atoms with Gasteiger partial charge in [0, 0.05) is 39.3 Å². The van der Waals surface area contributed by atoms with Gasteiger partial charge in [-0.1, -0.05) is 104 Å². The minimum Gasteiger partial charge on any atom is -0.382 e. The zero-order chi connectivity index (χ0) is 28.4. The van der Waals surface area contributed by atoms with Crippen LogP contribution >= 0.6 is 0 Å². The number of likely N-dealkylation sites (N-methyl/N-ethyl adjacent to an activating group) is 1. The predicted molar refractivity (Wildman–Crippen MR) is 158 cm³/mol. The topological polar surface area (TPSA) is 105 Å². The molecule has 0 aliphatic carbocycles. The summed E-state index contributed by atoms with van der Waals surface area (Å²) in [6.07, 6.45) is 16.7. The van der Waals surface area contributed by atoms with Gasteiger partial charge in [-0.25, -0.2) is 0 Å². The Morgan fingerprint density at radius 1 is 0.579 bits per heavy atom. The maximum absolute atomic E-state index is 12.4. The molecule has 0 radical (unpaired) electrons. The molecule has 0 rings (SSSR count). The Kier molecular flexibility index (Phi) is 25.2. The molecule has 0 aromatic carbocycles. The van der Waals surface area contributed by atoms with Crippen molar-refractivity contribution in [3.05, 3.63) is 0 Å². The van der Waals surface area contributed by atoms with Crippen molar-refractivity contribution in [2.75, 3.05) is 53.4 Å². The first kappa shape index (κ1) is 36.8. The molecule has 0 aromatic rings. The van der Waals surface area contributed by atoms with Crippen LogP contribution in [0.15, 0.2) is 0 Å². The molecule has 0 aromatic heterocycles. The zero-order valence-electron chi connectivity index (χ0n) is 25.3. The normalized spacial score (nSPS) is 13.2. The molecule has 8 heteroatoms. The SMILES string of the molecule is CCCCCCCCCCNC(=O)C(O)CN(CCN(C)C)CC(O)C(=O)NCCCCCCCCCC. The predicted octanol–water partition coefficient (Wildman–Crippen LogP) is 4.09. The minimum absolute atomic E-state index is 0.0828. The third-order valence-electron chi connectivity index (χ3n) is 6.99. The summed E-state index contributed by atoms with van der Waals surface area (Å²) in [6, 6.07) is 0. The monoisotopic (exact) mass is 542 g/mol. The Hall–Kier alpha value is -1.22. The Morgan fingerprint density at radius 3 is 1.26 bits per heavy atom. The molecule has 38 heavy (non-hydrogen) atoms. The third-order valence-corrected chi connectivity index (χ3v) is 6.99. The highest BCUT2D eigenvalue weighted by Gasteiger charge is 2.23. The van der Waals surface area contributed by atoms with E-state index in [1.807, 2.05) is 19.0 Å². The second-order valence-corrected chi connectivity index (χ2v) is 11.1. The fourth-order valence-electron chi connectivity index (χ4n) is 4.43. The zero-order valence-corrected chi connectivity index (χ0v) is 25.3. The first-order valence-corrected chi connectivity index (χ1v) is 15.6. The molecule has 0 saturated carbocycles. The van der Waals surface area contributed by atoms with Crippen LogP contribution in [0.25, 0.3) is 0 Å². The second kappa shape index (κ2) is 26.0. The second-order valence-electron chi connectivity index (χ2n) is 11.1. The number of unbranched alkanes of at least 4 members (excludes halogenated alkanes) is 14. The lowest BCUT2D eigenvalue weighted by molar-refractivity contribution is -0.132. The highest BCUT2D eigenvalue weighted by Crippen LogP contribution is 2.09. The van der Waals surface area contributed by atoms with Crippen molar-refractivity contribution >= 4 is 11.8 Å². The molecular weight excluding hydrogens is 480 g/mol. The molecule has 226 valence electrons. The number of carbonyl (C=O) groups excluding carboxylic acids is 2. The lowest BCUT2D eigenvalue weighted by Crippen LogP contribution is -2.49. The Bertz CT molecular complexity index is 520. The molecule has 0 spiro atoms. The van der Waals surface area contributed by atoms with Crippen molar-refractivity contribution in [2.24, 2.45) is 0 Å². The summed E-state index contributed by atoms with van der Waals surface area (Å²) in [5.74, 6) is -0.784. The number of amides is 2. The number of hydrogen-bond donors (Lipinski definition) is 4. The molecule has 4 N–H and O–H groups in total. The lowest BCUT2D eigenvalue weighted by Gasteiger charge is -2.27. The largest absolute Gasteiger partial charge is 0.382 e. The van der Waals surface area contributed by atoms with Crippen LogP contribution in [0.2, 0.25) is 0 Å². The van der Waals surface area contributed by atoms with E-state index in [9.17, 15) is 19.8 Å². The van der Waals surface area contributed by atoms with Crippen molar-refractivity contribution in [1.29, 1.82) is 0 Å². The molecule has 0 saturated heterocycles. The van der Waals surface area contributed by atoms with E-state index in [4.69, 9.17) is 0 Å². The molecular formula is C30H62N4O4. The van der Waals surface area contributed by atoms with Crippen LogP contribution in [-0.2, 0) is 9.59 Å². The van der Waals surface area contributed by atoms with E-state index in [-0.39, 0.29) is 13.1 Å². The quantitative estimate of drug-likeness (QED) is 0.117. The van der Waals surface area contributed by atoms with Gasteiger partial charge in [-0.15, -0.1) is 0 Å². The van der Waals surface area contributed by atoms with E-state index in [0.29, 0.717) is 26.2 Å². The van der Waals surface area contributed by atoms with Crippen molar-refractivity contribution < 1.29 is 19.8 Å². The summed E-state index contributed by atoms with van der Waals surface area (Å²) < 4.78 is 0. The van der Waals surface area contributed by atoms with E-state index in [1.54, 1.807) is 4.90 Å². The Morgan fingerprint density at radius 2 is 0.921 bits per heavy atom. The average Bonchev–Trinajstić information content (AvgIpc) is 2.89. The van der Waals surface area contributed by atoms with E-state index < -0.39 is 24.0 Å².